The summed E-state index contributed by atoms with van der Waals surface area (Å²) in [6, 6.07) is 1.84. The van der Waals surface area contributed by atoms with Crippen LogP contribution in [0.4, 0.5) is 19.0 Å². The molecule has 0 fully saturated rings. The van der Waals surface area contributed by atoms with Crippen LogP contribution in [0.3, 0.4) is 0 Å². The van der Waals surface area contributed by atoms with Gasteiger partial charge >= 0.3 is 6.18 Å². The van der Waals surface area contributed by atoms with Crippen LogP contribution < -0.4 is 10.9 Å². The molecule has 0 spiro atoms. The molecule has 72 valence electrons. The molecule has 0 amide bonds. The topological polar surface area (TPSA) is 37.0 Å². The molecule has 0 radical (unpaired) electrons. The summed E-state index contributed by atoms with van der Waals surface area (Å²) in [5.74, 6) is 0.136. The summed E-state index contributed by atoms with van der Waals surface area (Å²) < 4.78 is 36.4. The molecule has 1 aromatic rings. The molecule has 0 saturated heterocycles. The van der Waals surface area contributed by atoms with E-state index in [1.54, 1.807) is 7.05 Å². The Morgan fingerprint density at radius 2 is 2.08 bits per heavy atom. The second kappa shape index (κ2) is 3.61. The van der Waals surface area contributed by atoms with Crippen LogP contribution in [-0.2, 0) is 6.18 Å². The van der Waals surface area contributed by atoms with Crippen molar-refractivity contribution in [3.05, 3.63) is 23.9 Å². The van der Waals surface area contributed by atoms with E-state index >= 15 is 0 Å². The molecule has 0 aliphatic carbocycles. The van der Waals surface area contributed by atoms with Gasteiger partial charge in [-0.05, 0) is 12.1 Å². The zero-order valence-corrected chi connectivity index (χ0v) is 6.81. The van der Waals surface area contributed by atoms with Crippen molar-refractivity contribution >= 4 is 5.82 Å². The first-order valence-electron chi connectivity index (χ1n) is 3.50. The molecular formula is C7H8F3N3. The number of anilines is 1. The van der Waals surface area contributed by atoms with Gasteiger partial charge in [-0.2, -0.15) is 13.2 Å². The first kappa shape index (κ1) is 9.79. The molecule has 1 rings (SSSR count). The van der Waals surface area contributed by atoms with Gasteiger partial charge in [0, 0.05) is 13.2 Å². The minimum absolute atomic E-state index is 0.136. The number of hydrazine groups is 1. The molecule has 0 saturated carbocycles. The monoisotopic (exact) mass is 191 g/mol. The van der Waals surface area contributed by atoms with Crippen molar-refractivity contribution in [1.82, 2.24) is 10.4 Å². The third-order valence-electron chi connectivity index (χ3n) is 1.34. The van der Waals surface area contributed by atoms with E-state index in [0.717, 1.165) is 18.3 Å². The van der Waals surface area contributed by atoms with Gasteiger partial charge in [-0.3, -0.25) is 0 Å². The highest BCUT2D eigenvalue weighted by Gasteiger charge is 2.30. The average molecular weight is 191 g/mol. The standard InChI is InChI=1S/C7H8F3N3/c1-11-13-6-4-5(2-3-12-6)7(8,9)10/h2-4,11H,1H3,(H,12,13). The summed E-state index contributed by atoms with van der Waals surface area (Å²) in [5.41, 5.74) is 4.22. The van der Waals surface area contributed by atoms with Crippen molar-refractivity contribution in [3.8, 4) is 0 Å². The van der Waals surface area contributed by atoms with E-state index in [9.17, 15) is 13.2 Å². The maximum Gasteiger partial charge on any atom is 0.416 e. The lowest BCUT2D eigenvalue weighted by Gasteiger charge is -2.08. The summed E-state index contributed by atoms with van der Waals surface area (Å²) in [6.45, 7) is 0. The fraction of sp³-hybridized carbons (Fsp3) is 0.286. The number of nitrogens with zero attached hydrogens (tertiary/aromatic N) is 1. The van der Waals surface area contributed by atoms with E-state index in [-0.39, 0.29) is 5.82 Å². The molecule has 0 bridgehead atoms. The van der Waals surface area contributed by atoms with E-state index in [2.05, 4.69) is 15.8 Å². The van der Waals surface area contributed by atoms with Gasteiger partial charge in [0.1, 0.15) is 5.82 Å². The minimum atomic E-state index is -4.33. The second-order valence-electron chi connectivity index (χ2n) is 2.30. The average Bonchev–Trinajstić information content (AvgIpc) is 2.04. The zero-order valence-electron chi connectivity index (χ0n) is 6.81. The molecule has 1 heterocycles. The van der Waals surface area contributed by atoms with Crippen LogP contribution in [0.25, 0.3) is 0 Å². The van der Waals surface area contributed by atoms with Crippen LogP contribution >= 0.6 is 0 Å². The Kier molecular flexibility index (Phi) is 2.72. The van der Waals surface area contributed by atoms with Gasteiger partial charge in [0.2, 0.25) is 0 Å². The number of hydrogen-bond acceptors (Lipinski definition) is 3. The van der Waals surface area contributed by atoms with Gasteiger partial charge in [0.15, 0.2) is 0 Å². The highest BCUT2D eigenvalue weighted by Crippen LogP contribution is 2.29. The van der Waals surface area contributed by atoms with E-state index < -0.39 is 11.7 Å². The van der Waals surface area contributed by atoms with Crippen molar-refractivity contribution in [2.45, 2.75) is 6.18 Å². The first-order chi connectivity index (χ1) is 6.04. The lowest BCUT2D eigenvalue weighted by molar-refractivity contribution is -0.137. The van der Waals surface area contributed by atoms with E-state index in [0.29, 0.717) is 0 Å². The molecule has 0 aromatic carbocycles. The Morgan fingerprint density at radius 1 is 1.38 bits per heavy atom. The molecule has 3 nitrogen and oxygen atoms in total. The van der Waals surface area contributed by atoms with Crippen molar-refractivity contribution in [1.29, 1.82) is 0 Å². The Balaban J connectivity index is 2.92. The quantitative estimate of drug-likeness (QED) is 0.698. The Hall–Kier alpha value is -1.30. The number of aromatic nitrogens is 1. The summed E-state index contributed by atoms with van der Waals surface area (Å²) >= 11 is 0. The largest absolute Gasteiger partial charge is 0.416 e. The van der Waals surface area contributed by atoms with Crippen LogP contribution in [-0.4, -0.2) is 12.0 Å². The van der Waals surface area contributed by atoms with Crippen LogP contribution in [0.15, 0.2) is 18.3 Å². The molecule has 0 aliphatic rings. The third-order valence-corrected chi connectivity index (χ3v) is 1.34. The molecule has 0 unspecified atom stereocenters. The number of hydrogen-bond donors (Lipinski definition) is 2. The number of rotatable bonds is 2. The highest BCUT2D eigenvalue weighted by molar-refractivity contribution is 5.37. The normalized spacial score (nSPS) is 11.4. The van der Waals surface area contributed by atoms with Crippen molar-refractivity contribution in [2.75, 3.05) is 12.5 Å². The molecule has 6 heteroatoms. The van der Waals surface area contributed by atoms with Crippen molar-refractivity contribution in [3.63, 3.8) is 0 Å². The third kappa shape index (κ3) is 2.59. The lowest BCUT2D eigenvalue weighted by atomic mass is 10.2. The van der Waals surface area contributed by atoms with Crippen molar-refractivity contribution in [2.24, 2.45) is 0 Å². The maximum absolute atomic E-state index is 12.1. The van der Waals surface area contributed by atoms with Crippen LogP contribution in [0, 0.1) is 0 Å². The Morgan fingerprint density at radius 3 is 2.62 bits per heavy atom. The summed E-state index contributed by atoms with van der Waals surface area (Å²) in [5, 5.41) is 0. The number of nitrogens with one attached hydrogen (secondary N) is 2. The second-order valence-corrected chi connectivity index (χ2v) is 2.30. The lowest BCUT2D eigenvalue weighted by Crippen LogP contribution is -2.17. The van der Waals surface area contributed by atoms with Gasteiger partial charge in [0.25, 0.3) is 0 Å². The van der Waals surface area contributed by atoms with Crippen LogP contribution in [0.1, 0.15) is 5.56 Å². The van der Waals surface area contributed by atoms with Gasteiger partial charge in [-0.1, -0.05) is 0 Å². The van der Waals surface area contributed by atoms with E-state index in [1.165, 1.54) is 0 Å². The minimum Gasteiger partial charge on any atom is -0.306 e. The summed E-state index contributed by atoms with van der Waals surface area (Å²) in [6.07, 6.45) is -3.23. The molecule has 2 N–H and O–H groups in total. The Bertz CT molecular complexity index is 285. The van der Waals surface area contributed by atoms with E-state index in [1.807, 2.05) is 0 Å². The number of halogens is 3. The predicted molar refractivity (Wildman–Crippen MR) is 41.9 cm³/mol. The molecule has 13 heavy (non-hydrogen) atoms. The fourth-order valence-electron chi connectivity index (χ4n) is 0.803. The molecular weight excluding hydrogens is 183 g/mol. The van der Waals surface area contributed by atoms with Gasteiger partial charge in [-0.15, -0.1) is 0 Å². The molecule has 1 aromatic heterocycles. The molecule has 0 atom stereocenters. The smallest absolute Gasteiger partial charge is 0.306 e. The highest BCUT2D eigenvalue weighted by atomic mass is 19.4. The summed E-state index contributed by atoms with van der Waals surface area (Å²) in [7, 11) is 1.54. The fourth-order valence-corrected chi connectivity index (χ4v) is 0.803. The van der Waals surface area contributed by atoms with Crippen molar-refractivity contribution < 1.29 is 13.2 Å². The Labute approximate surface area is 72.9 Å². The maximum atomic E-state index is 12.1. The van der Waals surface area contributed by atoms with E-state index in [4.69, 9.17) is 0 Å². The first-order valence-corrected chi connectivity index (χ1v) is 3.50. The van der Waals surface area contributed by atoms with Gasteiger partial charge < -0.3 is 5.43 Å². The zero-order chi connectivity index (χ0) is 9.90. The number of pyridine rings is 1. The SMILES string of the molecule is CNNc1cc(C(F)(F)F)ccn1. The van der Waals surface area contributed by atoms with Crippen LogP contribution in [0.5, 0.6) is 0 Å². The van der Waals surface area contributed by atoms with Gasteiger partial charge in [-0.25, -0.2) is 10.4 Å². The molecule has 0 aliphatic heterocycles. The van der Waals surface area contributed by atoms with Crippen LogP contribution in [0.2, 0.25) is 0 Å². The van der Waals surface area contributed by atoms with Gasteiger partial charge in [0.05, 0.1) is 5.56 Å². The number of alkyl halides is 3. The predicted octanol–water partition coefficient (Wildman–Crippen LogP) is 1.65. The summed E-state index contributed by atoms with van der Waals surface area (Å²) in [4.78, 5) is 3.67.